The molecule has 260 valence electrons. The van der Waals surface area contributed by atoms with Crippen LogP contribution in [0.2, 0.25) is 10.0 Å². The average molecular weight is 727 g/mol. The Kier molecular flexibility index (Phi) is 13.4. The highest BCUT2D eigenvalue weighted by molar-refractivity contribution is 7.92. The van der Waals surface area contributed by atoms with Crippen molar-refractivity contribution in [2.45, 2.75) is 50.6 Å². The number of hydrogen-bond acceptors (Lipinski definition) is 6. The van der Waals surface area contributed by atoms with E-state index in [9.17, 15) is 18.0 Å². The van der Waals surface area contributed by atoms with E-state index in [0.29, 0.717) is 27.9 Å². The smallest absolute Gasteiger partial charge is 0.264 e. The highest BCUT2D eigenvalue weighted by atomic mass is 35.5. The summed E-state index contributed by atoms with van der Waals surface area (Å²) >= 11 is 12.8. The fourth-order valence-corrected chi connectivity index (χ4v) is 7.11. The van der Waals surface area contributed by atoms with Gasteiger partial charge in [-0.15, -0.1) is 0 Å². The van der Waals surface area contributed by atoms with Gasteiger partial charge in [-0.05, 0) is 60.9 Å². The van der Waals surface area contributed by atoms with Gasteiger partial charge in [-0.3, -0.25) is 13.9 Å². The molecule has 4 aromatic rings. The molecule has 49 heavy (non-hydrogen) atoms. The number of amides is 2. The zero-order chi connectivity index (χ0) is 35.6. The van der Waals surface area contributed by atoms with Crippen LogP contribution in [0.25, 0.3) is 0 Å². The maximum absolute atomic E-state index is 14.7. The topological polar surface area (TPSA) is 105 Å². The second-order valence-electron chi connectivity index (χ2n) is 11.5. The number of rotatable bonds is 16. The minimum atomic E-state index is -4.31. The lowest BCUT2D eigenvalue weighted by Crippen LogP contribution is -2.53. The van der Waals surface area contributed by atoms with Crippen molar-refractivity contribution in [1.29, 1.82) is 0 Å². The molecule has 0 saturated heterocycles. The van der Waals surface area contributed by atoms with Crippen molar-refractivity contribution < 1.29 is 27.5 Å². The zero-order valence-electron chi connectivity index (χ0n) is 28.0. The number of hydrogen-bond donors (Lipinski definition) is 1. The third-order valence-electron chi connectivity index (χ3n) is 8.00. The van der Waals surface area contributed by atoms with Crippen LogP contribution in [-0.4, -0.2) is 58.5 Å². The molecule has 9 nitrogen and oxygen atoms in total. The molecule has 0 aliphatic rings. The molecule has 12 heteroatoms. The van der Waals surface area contributed by atoms with Gasteiger partial charge in [-0.2, -0.15) is 0 Å². The summed E-state index contributed by atoms with van der Waals surface area (Å²) in [6, 6.07) is 24.2. The number of aryl methyl sites for hydroxylation is 1. The number of halogens is 2. The molecule has 0 aliphatic carbocycles. The van der Waals surface area contributed by atoms with Crippen molar-refractivity contribution in [2.75, 3.05) is 31.6 Å². The molecule has 0 radical (unpaired) electrons. The van der Waals surface area contributed by atoms with Gasteiger partial charge in [0.2, 0.25) is 11.8 Å². The molecule has 0 heterocycles. The zero-order valence-corrected chi connectivity index (χ0v) is 30.3. The predicted octanol–water partition coefficient (Wildman–Crippen LogP) is 7.07. The van der Waals surface area contributed by atoms with Crippen LogP contribution in [0.15, 0.2) is 95.9 Å². The van der Waals surface area contributed by atoms with Crippen LogP contribution in [0.3, 0.4) is 0 Å². The molecule has 0 fully saturated rings. The number of anilines is 1. The largest absolute Gasteiger partial charge is 0.493 e. The van der Waals surface area contributed by atoms with Gasteiger partial charge >= 0.3 is 0 Å². The molecule has 0 aliphatic heterocycles. The van der Waals surface area contributed by atoms with E-state index < -0.39 is 28.5 Å². The van der Waals surface area contributed by atoms with E-state index in [-0.39, 0.29) is 35.2 Å². The second-order valence-corrected chi connectivity index (χ2v) is 14.2. The molecule has 4 rings (SSSR count). The summed E-state index contributed by atoms with van der Waals surface area (Å²) in [6.07, 6.45) is 1.79. The van der Waals surface area contributed by atoms with Crippen LogP contribution in [0, 0.1) is 6.92 Å². The van der Waals surface area contributed by atoms with Gasteiger partial charge in [0.1, 0.15) is 12.6 Å². The number of nitrogens with zero attached hydrogens (tertiary/aromatic N) is 2. The first-order chi connectivity index (χ1) is 23.5. The van der Waals surface area contributed by atoms with Crippen LogP contribution in [0.1, 0.15) is 36.5 Å². The van der Waals surface area contributed by atoms with Crippen LogP contribution < -0.4 is 19.1 Å². The van der Waals surface area contributed by atoms with Gasteiger partial charge in [-0.25, -0.2) is 8.42 Å². The second kappa shape index (κ2) is 17.4. The number of carbonyl (C=O) groups is 2. The van der Waals surface area contributed by atoms with Crippen molar-refractivity contribution in [1.82, 2.24) is 10.2 Å². The molecule has 1 atom stereocenters. The Labute approximate surface area is 298 Å². The summed E-state index contributed by atoms with van der Waals surface area (Å²) in [7, 11) is -1.40. The summed E-state index contributed by atoms with van der Waals surface area (Å²) in [5.41, 5.74) is 2.40. The first kappa shape index (κ1) is 37.6. The molecule has 1 N–H and O–H groups in total. The number of benzene rings is 4. The summed E-state index contributed by atoms with van der Waals surface area (Å²) < 4.78 is 40.6. The van der Waals surface area contributed by atoms with E-state index in [1.165, 1.54) is 37.3 Å². The number of methoxy groups -OCH3 is 2. The minimum Gasteiger partial charge on any atom is -0.493 e. The Balaban J connectivity index is 1.85. The van der Waals surface area contributed by atoms with Gasteiger partial charge in [0.15, 0.2) is 11.5 Å². The van der Waals surface area contributed by atoms with Crippen molar-refractivity contribution in [3.05, 3.63) is 118 Å². The number of nitrogens with one attached hydrogen (secondary N) is 1. The first-order valence-electron chi connectivity index (χ1n) is 15.8. The number of carbonyl (C=O) groups excluding carboxylic acids is 2. The molecular formula is C37H41Cl2N3O6S. The summed E-state index contributed by atoms with van der Waals surface area (Å²) in [4.78, 5) is 30.0. The van der Waals surface area contributed by atoms with Gasteiger partial charge in [0.25, 0.3) is 10.0 Å². The molecule has 1 unspecified atom stereocenters. The number of sulfonamides is 1. The summed E-state index contributed by atoms with van der Waals surface area (Å²) in [5, 5.41) is 3.69. The Morgan fingerprint density at radius 3 is 2.20 bits per heavy atom. The highest BCUT2D eigenvalue weighted by Crippen LogP contribution is 2.34. The molecule has 0 spiro atoms. The van der Waals surface area contributed by atoms with E-state index in [1.807, 2.05) is 44.2 Å². The number of unbranched alkanes of at least 4 members (excludes halogenated alkanes) is 1. The molecule has 0 bridgehead atoms. The van der Waals surface area contributed by atoms with Gasteiger partial charge in [0, 0.05) is 35.6 Å². The maximum atomic E-state index is 14.7. The van der Waals surface area contributed by atoms with E-state index in [4.69, 9.17) is 32.7 Å². The lowest BCUT2D eigenvalue weighted by atomic mass is 10.0. The normalized spacial score (nSPS) is 11.8. The predicted molar refractivity (Wildman–Crippen MR) is 194 cm³/mol. The molecule has 2 amide bonds. The fraction of sp³-hybridized carbons (Fsp3) is 0.297. The molecule has 0 aromatic heterocycles. The van der Waals surface area contributed by atoms with Crippen molar-refractivity contribution in [3.8, 4) is 11.5 Å². The molecular weight excluding hydrogens is 685 g/mol. The van der Waals surface area contributed by atoms with Gasteiger partial charge in [-0.1, -0.05) is 90.6 Å². The Bertz CT molecular complexity index is 1840. The van der Waals surface area contributed by atoms with E-state index in [0.717, 1.165) is 28.3 Å². The van der Waals surface area contributed by atoms with Gasteiger partial charge < -0.3 is 19.7 Å². The Morgan fingerprint density at radius 1 is 0.878 bits per heavy atom. The summed E-state index contributed by atoms with van der Waals surface area (Å²) in [5.74, 6) is -0.326. The van der Waals surface area contributed by atoms with Crippen LogP contribution in [0.5, 0.6) is 11.5 Å². The third kappa shape index (κ3) is 9.68. The van der Waals surface area contributed by atoms with Crippen molar-refractivity contribution in [2.24, 2.45) is 0 Å². The lowest BCUT2D eigenvalue weighted by molar-refractivity contribution is -0.140. The van der Waals surface area contributed by atoms with Crippen molar-refractivity contribution >= 4 is 50.7 Å². The number of ether oxygens (including phenoxy) is 2. The minimum absolute atomic E-state index is 0.00822. The highest BCUT2D eigenvalue weighted by Gasteiger charge is 2.35. The Hall–Kier alpha value is -4.25. The third-order valence-corrected chi connectivity index (χ3v) is 10.4. The SMILES string of the molecule is CCCCNC(=O)C(Cc1ccccc1)N(Cc1ccc(Cl)cc1Cl)C(=O)CN(c1ccc(OC)c(OC)c1)S(=O)(=O)c1ccc(C)cc1. The molecule has 4 aromatic carbocycles. The van der Waals surface area contributed by atoms with Gasteiger partial charge in [0.05, 0.1) is 24.8 Å². The van der Waals surface area contributed by atoms with E-state index >= 15 is 0 Å². The first-order valence-corrected chi connectivity index (χ1v) is 18.0. The lowest BCUT2D eigenvalue weighted by Gasteiger charge is -2.34. The standard InChI is InChI=1S/C37H41Cl2N3O6S/c1-5-6-20-40-37(44)33(21-27-10-8-7-9-11-27)41(24-28-14-15-29(38)22-32(28)39)36(43)25-42(30-16-19-34(47-3)35(23-30)48-4)49(45,46)31-17-12-26(2)13-18-31/h7-19,22-23,33H,5-6,20-21,24-25H2,1-4H3,(H,40,44). The van der Waals surface area contributed by atoms with E-state index in [2.05, 4.69) is 5.32 Å². The van der Waals surface area contributed by atoms with Crippen molar-refractivity contribution in [3.63, 3.8) is 0 Å². The van der Waals surface area contributed by atoms with Crippen LogP contribution in [0.4, 0.5) is 5.69 Å². The average Bonchev–Trinajstić information content (AvgIpc) is 3.09. The monoisotopic (exact) mass is 725 g/mol. The quantitative estimate of drug-likeness (QED) is 0.124. The van der Waals surface area contributed by atoms with Crippen LogP contribution >= 0.6 is 23.2 Å². The molecule has 0 saturated carbocycles. The Morgan fingerprint density at radius 2 is 1.57 bits per heavy atom. The van der Waals surface area contributed by atoms with E-state index in [1.54, 1.807) is 42.5 Å². The van der Waals surface area contributed by atoms with Crippen LogP contribution in [-0.2, 0) is 32.6 Å². The fourth-order valence-electron chi connectivity index (χ4n) is 5.24. The maximum Gasteiger partial charge on any atom is 0.264 e. The summed E-state index contributed by atoms with van der Waals surface area (Å²) in [6.45, 7) is 3.57.